The molecule has 0 saturated carbocycles. The molecule has 2 aromatic carbocycles. The molecule has 0 aromatic heterocycles. The van der Waals surface area contributed by atoms with Crippen molar-refractivity contribution in [3.8, 4) is 12.3 Å². The minimum Gasteiger partial charge on any atom is -0.289 e. The summed E-state index contributed by atoms with van der Waals surface area (Å²) in [4.78, 5) is 16.9. The van der Waals surface area contributed by atoms with Crippen molar-refractivity contribution in [1.82, 2.24) is 0 Å². The van der Waals surface area contributed by atoms with E-state index in [1.54, 1.807) is 13.1 Å². The molecule has 0 fully saturated rings. The number of aliphatic imine (C=N–C) groups is 1. The lowest BCUT2D eigenvalue weighted by Crippen LogP contribution is -2.22. The van der Waals surface area contributed by atoms with Crippen LogP contribution < -0.4 is 0 Å². The molecule has 0 atom stereocenters. The van der Waals surface area contributed by atoms with Gasteiger partial charge < -0.3 is 0 Å². The van der Waals surface area contributed by atoms with Crippen LogP contribution in [0.3, 0.4) is 0 Å². The van der Waals surface area contributed by atoms with Gasteiger partial charge >= 0.3 is 0 Å². The van der Waals surface area contributed by atoms with E-state index in [2.05, 4.69) is 10.9 Å². The Morgan fingerprint density at radius 3 is 2.37 bits per heavy atom. The molecule has 2 aromatic rings. The Balaban J connectivity index is 2.42. The Morgan fingerprint density at radius 2 is 1.68 bits per heavy atom. The quantitative estimate of drug-likeness (QED) is 0.560. The number of ketones is 1. The fourth-order valence-electron chi connectivity index (χ4n) is 2.52. The number of hydrogen-bond acceptors (Lipinski definition) is 2. The van der Waals surface area contributed by atoms with Gasteiger partial charge in [-0.1, -0.05) is 42.3 Å². The van der Waals surface area contributed by atoms with Crippen molar-refractivity contribution in [3.63, 3.8) is 0 Å². The molecule has 3 rings (SSSR count). The molecule has 2 heteroatoms. The Labute approximate surface area is 111 Å². The molecule has 0 unspecified atom stereocenters. The minimum atomic E-state index is 0.00935. The van der Waals surface area contributed by atoms with E-state index in [4.69, 9.17) is 6.42 Å². The molecule has 0 radical (unpaired) electrons. The summed E-state index contributed by atoms with van der Waals surface area (Å²) in [6.07, 6.45) is 5.54. The maximum atomic E-state index is 12.5. The summed E-state index contributed by atoms with van der Waals surface area (Å²) in [6.45, 7) is 0. The highest BCUT2D eigenvalue weighted by Crippen LogP contribution is 2.29. The molecular weight excluding hydrogens is 234 g/mol. The zero-order valence-electron chi connectivity index (χ0n) is 10.5. The molecule has 0 heterocycles. The molecule has 1 aliphatic rings. The normalized spacial score (nSPS) is 14.7. The van der Waals surface area contributed by atoms with Gasteiger partial charge in [0.05, 0.1) is 5.71 Å². The van der Waals surface area contributed by atoms with Gasteiger partial charge in [0.15, 0.2) is 5.78 Å². The third-order valence-electron chi connectivity index (χ3n) is 3.35. The van der Waals surface area contributed by atoms with Crippen molar-refractivity contribution in [2.24, 2.45) is 4.99 Å². The van der Waals surface area contributed by atoms with Gasteiger partial charge in [-0.2, -0.15) is 0 Å². The van der Waals surface area contributed by atoms with E-state index in [9.17, 15) is 4.79 Å². The third-order valence-corrected chi connectivity index (χ3v) is 3.35. The van der Waals surface area contributed by atoms with Gasteiger partial charge in [0.2, 0.25) is 0 Å². The Bertz CT molecular complexity index is 763. The summed E-state index contributed by atoms with van der Waals surface area (Å²) in [5.41, 5.74) is 4.45. The molecule has 90 valence electrons. The van der Waals surface area contributed by atoms with E-state index in [1.807, 2.05) is 36.4 Å². The SMILES string of the molecule is C#Cc1cccc2c1C(=NC)c1ccccc1C2=O. The number of rotatable bonds is 0. The first kappa shape index (κ1) is 11.4. The highest BCUT2D eigenvalue weighted by Gasteiger charge is 2.28. The predicted octanol–water partition coefficient (Wildman–Crippen LogP) is 2.68. The van der Waals surface area contributed by atoms with Crippen LogP contribution in [0.5, 0.6) is 0 Å². The highest BCUT2D eigenvalue weighted by atomic mass is 16.1. The van der Waals surface area contributed by atoms with Crippen LogP contribution in [0.15, 0.2) is 47.5 Å². The summed E-state index contributed by atoms with van der Waals surface area (Å²) >= 11 is 0. The maximum absolute atomic E-state index is 12.5. The molecule has 0 spiro atoms. The van der Waals surface area contributed by atoms with Gasteiger partial charge in [-0.15, -0.1) is 6.42 Å². The first-order valence-corrected chi connectivity index (χ1v) is 5.98. The highest BCUT2D eigenvalue weighted by molar-refractivity contribution is 6.30. The number of fused-ring (bicyclic) bond motifs is 2. The van der Waals surface area contributed by atoms with Gasteiger partial charge in [-0.25, -0.2) is 0 Å². The van der Waals surface area contributed by atoms with Crippen molar-refractivity contribution >= 4 is 11.5 Å². The van der Waals surface area contributed by atoms with Crippen molar-refractivity contribution in [2.75, 3.05) is 7.05 Å². The summed E-state index contributed by atoms with van der Waals surface area (Å²) < 4.78 is 0. The lowest BCUT2D eigenvalue weighted by atomic mass is 9.81. The second kappa shape index (κ2) is 4.22. The summed E-state index contributed by atoms with van der Waals surface area (Å²) in [5.74, 6) is 2.65. The zero-order valence-corrected chi connectivity index (χ0v) is 10.5. The molecule has 2 nitrogen and oxygen atoms in total. The van der Waals surface area contributed by atoms with Gasteiger partial charge in [0.25, 0.3) is 0 Å². The molecule has 19 heavy (non-hydrogen) atoms. The first-order chi connectivity index (χ1) is 9.27. The Morgan fingerprint density at radius 1 is 1.00 bits per heavy atom. The van der Waals surface area contributed by atoms with E-state index < -0.39 is 0 Å². The largest absolute Gasteiger partial charge is 0.289 e. The Kier molecular flexibility index (Phi) is 2.54. The number of nitrogens with zero attached hydrogens (tertiary/aromatic N) is 1. The lowest BCUT2D eigenvalue weighted by molar-refractivity contribution is 0.103. The van der Waals surface area contributed by atoms with Crippen LogP contribution in [0.2, 0.25) is 0 Å². The van der Waals surface area contributed by atoms with Crippen molar-refractivity contribution in [2.45, 2.75) is 0 Å². The fourth-order valence-corrected chi connectivity index (χ4v) is 2.52. The van der Waals surface area contributed by atoms with Crippen molar-refractivity contribution in [1.29, 1.82) is 0 Å². The van der Waals surface area contributed by atoms with Gasteiger partial charge in [-0.05, 0) is 6.07 Å². The third kappa shape index (κ3) is 1.52. The molecule has 0 N–H and O–H groups in total. The molecule has 0 saturated heterocycles. The summed E-state index contributed by atoms with van der Waals surface area (Å²) in [6, 6.07) is 13.0. The van der Waals surface area contributed by atoms with Crippen LogP contribution in [-0.2, 0) is 0 Å². The zero-order chi connectivity index (χ0) is 13.4. The van der Waals surface area contributed by atoms with E-state index in [0.717, 1.165) is 16.8 Å². The second-order valence-corrected chi connectivity index (χ2v) is 4.32. The fraction of sp³-hybridized carbons (Fsp3) is 0.0588. The van der Waals surface area contributed by atoms with E-state index in [-0.39, 0.29) is 5.78 Å². The second-order valence-electron chi connectivity index (χ2n) is 4.32. The molecule has 1 aliphatic carbocycles. The number of carbonyl (C=O) groups is 1. The van der Waals surface area contributed by atoms with Gasteiger partial charge in [0, 0.05) is 34.9 Å². The van der Waals surface area contributed by atoms with Crippen LogP contribution >= 0.6 is 0 Å². The molecule has 0 amide bonds. The van der Waals surface area contributed by atoms with Crippen LogP contribution in [0.1, 0.15) is 32.6 Å². The van der Waals surface area contributed by atoms with Crippen LogP contribution in [0.25, 0.3) is 0 Å². The van der Waals surface area contributed by atoms with Gasteiger partial charge in [0.1, 0.15) is 0 Å². The lowest BCUT2D eigenvalue weighted by Gasteiger charge is -2.21. The van der Waals surface area contributed by atoms with Crippen LogP contribution in [-0.4, -0.2) is 18.5 Å². The van der Waals surface area contributed by atoms with Gasteiger partial charge in [-0.3, -0.25) is 9.79 Å². The average molecular weight is 245 g/mol. The van der Waals surface area contributed by atoms with E-state index >= 15 is 0 Å². The molecular formula is C17H11NO. The number of carbonyl (C=O) groups excluding carboxylic acids is 1. The average Bonchev–Trinajstić information content (AvgIpc) is 2.47. The number of hydrogen-bond donors (Lipinski definition) is 0. The smallest absolute Gasteiger partial charge is 0.194 e. The Hall–Kier alpha value is -2.66. The standard InChI is InChI=1S/C17H11NO/c1-3-11-7-6-10-14-15(11)16(18-2)12-8-4-5-9-13(12)17(14)19/h1,4-10H,2H3. The predicted molar refractivity (Wildman–Crippen MR) is 75.8 cm³/mol. The molecule has 0 aliphatic heterocycles. The number of benzene rings is 2. The van der Waals surface area contributed by atoms with Crippen molar-refractivity contribution in [3.05, 3.63) is 70.3 Å². The van der Waals surface area contributed by atoms with Crippen LogP contribution in [0, 0.1) is 12.3 Å². The summed E-state index contributed by atoms with van der Waals surface area (Å²) in [5, 5.41) is 0. The first-order valence-electron chi connectivity index (χ1n) is 5.98. The minimum absolute atomic E-state index is 0.00935. The topological polar surface area (TPSA) is 29.4 Å². The van der Waals surface area contributed by atoms with Crippen LogP contribution in [0.4, 0.5) is 0 Å². The van der Waals surface area contributed by atoms with E-state index in [1.165, 1.54) is 0 Å². The maximum Gasteiger partial charge on any atom is 0.194 e. The summed E-state index contributed by atoms with van der Waals surface area (Å²) in [7, 11) is 1.72. The monoisotopic (exact) mass is 245 g/mol. The van der Waals surface area contributed by atoms with Crippen molar-refractivity contribution < 1.29 is 4.79 Å². The number of terminal acetylenes is 1. The molecule has 0 bridgehead atoms. The van der Waals surface area contributed by atoms with E-state index in [0.29, 0.717) is 16.7 Å².